The van der Waals surface area contributed by atoms with Gasteiger partial charge < -0.3 is 4.57 Å². The molecule has 0 aromatic carbocycles. The number of nitrogens with zero attached hydrogens (tertiary/aromatic N) is 1. The van der Waals surface area contributed by atoms with E-state index < -0.39 is 0 Å². The molecule has 1 aromatic rings. The largest absolute Gasteiger partial charge is 0.318 e. The van der Waals surface area contributed by atoms with Crippen molar-refractivity contribution < 1.29 is 0 Å². The summed E-state index contributed by atoms with van der Waals surface area (Å²) in [6.07, 6.45) is 1.98. The molecule has 0 atom stereocenters. The van der Waals surface area contributed by atoms with Gasteiger partial charge in [-0.1, -0.05) is 41.5 Å². The molecule has 16 heavy (non-hydrogen) atoms. The molecular weight excluding hydrogens is 198 g/mol. The van der Waals surface area contributed by atoms with E-state index in [0.717, 1.165) is 5.56 Å². The van der Waals surface area contributed by atoms with Gasteiger partial charge in [0.15, 0.2) is 0 Å². The van der Waals surface area contributed by atoms with E-state index in [1.54, 1.807) is 10.6 Å². The minimum atomic E-state index is 0.00995. The molecule has 1 aromatic heterocycles. The molecule has 1 rings (SSSR count). The van der Waals surface area contributed by atoms with E-state index in [4.69, 9.17) is 0 Å². The summed E-state index contributed by atoms with van der Waals surface area (Å²) in [4.78, 5) is 11.7. The van der Waals surface area contributed by atoms with Crippen LogP contribution in [0.25, 0.3) is 0 Å². The fourth-order valence-electron chi connectivity index (χ4n) is 1.85. The van der Waals surface area contributed by atoms with E-state index in [-0.39, 0.29) is 16.4 Å². The van der Waals surface area contributed by atoms with Crippen molar-refractivity contribution in [3.8, 4) is 0 Å². The summed E-state index contributed by atoms with van der Waals surface area (Å²) in [6.45, 7) is 13.0. The average Bonchev–Trinajstić information content (AvgIpc) is 2.05. The van der Waals surface area contributed by atoms with Crippen LogP contribution in [0, 0.1) is 0 Å². The minimum absolute atomic E-state index is 0.00995. The molecule has 0 aliphatic rings. The number of rotatable bonds is 0. The molecule has 0 fully saturated rings. The van der Waals surface area contributed by atoms with Gasteiger partial charge >= 0.3 is 0 Å². The number of hydrogen-bond donors (Lipinski definition) is 0. The number of hydrogen-bond acceptors (Lipinski definition) is 1. The van der Waals surface area contributed by atoms with E-state index in [1.807, 2.05) is 13.2 Å². The third kappa shape index (κ3) is 2.55. The standard InChI is InChI=1S/C14H23NO/c1-13(2,3)10-8-12(16)15(7)9-11(10)14(4,5)6/h8-9H,1-7H3. The fourth-order valence-corrected chi connectivity index (χ4v) is 1.85. The molecule has 2 nitrogen and oxygen atoms in total. The van der Waals surface area contributed by atoms with Gasteiger partial charge in [-0.2, -0.15) is 0 Å². The number of aromatic nitrogens is 1. The van der Waals surface area contributed by atoms with E-state index in [0.29, 0.717) is 0 Å². The van der Waals surface area contributed by atoms with Gasteiger partial charge in [0.25, 0.3) is 5.56 Å². The van der Waals surface area contributed by atoms with Crippen LogP contribution in [0.5, 0.6) is 0 Å². The Labute approximate surface area is 98.3 Å². The van der Waals surface area contributed by atoms with Crippen LogP contribution in [0.4, 0.5) is 0 Å². The lowest BCUT2D eigenvalue weighted by atomic mass is 9.76. The smallest absolute Gasteiger partial charge is 0.250 e. The maximum Gasteiger partial charge on any atom is 0.250 e. The van der Waals surface area contributed by atoms with Crippen molar-refractivity contribution in [2.45, 2.75) is 52.4 Å². The molecule has 1 heterocycles. The zero-order chi connectivity index (χ0) is 12.7. The zero-order valence-corrected chi connectivity index (χ0v) is 11.5. The van der Waals surface area contributed by atoms with Crippen molar-refractivity contribution in [2.75, 3.05) is 0 Å². The summed E-state index contributed by atoms with van der Waals surface area (Å²) in [5.41, 5.74) is 2.55. The van der Waals surface area contributed by atoms with Crippen molar-refractivity contribution in [2.24, 2.45) is 7.05 Å². The predicted molar refractivity (Wildman–Crippen MR) is 69.1 cm³/mol. The van der Waals surface area contributed by atoms with Gasteiger partial charge in [-0.3, -0.25) is 4.79 Å². The molecule has 0 aliphatic heterocycles. The molecule has 0 bridgehead atoms. The van der Waals surface area contributed by atoms with Gasteiger partial charge in [0.1, 0.15) is 0 Å². The van der Waals surface area contributed by atoms with Crippen LogP contribution in [0.15, 0.2) is 17.1 Å². The van der Waals surface area contributed by atoms with Gasteiger partial charge in [-0.15, -0.1) is 0 Å². The molecule has 0 amide bonds. The molecule has 0 N–H and O–H groups in total. The van der Waals surface area contributed by atoms with E-state index in [2.05, 4.69) is 41.5 Å². The summed E-state index contributed by atoms with van der Waals surface area (Å²) >= 11 is 0. The van der Waals surface area contributed by atoms with Crippen molar-refractivity contribution in [3.05, 3.63) is 33.7 Å². The Hall–Kier alpha value is -1.05. The average molecular weight is 221 g/mol. The Bertz CT molecular complexity index is 441. The normalized spacial score (nSPS) is 12.9. The van der Waals surface area contributed by atoms with E-state index in [1.165, 1.54) is 5.56 Å². The highest BCUT2D eigenvalue weighted by atomic mass is 16.1. The van der Waals surface area contributed by atoms with Crippen LogP contribution in [0.3, 0.4) is 0 Å². The molecule has 0 radical (unpaired) electrons. The van der Waals surface area contributed by atoms with E-state index in [9.17, 15) is 4.79 Å². The highest BCUT2D eigenvalue weighted by Gasteiger charge is 2.25. The first-order valence-electron chi connectivity index (χ1n) is 5.75. The lowest BCUT2D eigenvalue weighted by molar-refractivity contribution is 0.521. The summed E-state index contributed by atoms with van der Waals surface area (Å²) in [7, 11) is 1.81. The first-order chi connectivity index (χ1) is 7.03. The monoisotopic (exact) mass is 221 g/mol. The first-order valence-corrected chi connectivity index (χ1v) is 5.75. The topological polar surface area (TPSA) is 22.0 Å². The van der Waals surface area contributed by atoms with Gasteiger partial charge in [-0.05, 0) is 22.0 Å². The van der Waals surface area contributed by atoms with Gasteiger partial charge in [0.05, 0.1) is 0 Å². The molecule has 0 unspecified atom stereocenters. The summed E-state index contributed by atoms with van der Waals surface area (Å²) in [5, 5.41) is 0. The van der Waals surface area contributed by atoms with Gasteiger partial charge in [0, 0.05) is 19.3 Å². The van der Waals surface area contributed by atoms with Gasteiger partial charge in [0.2, 0.25) is 0 Å². The van der Waals surface area contributed by atoms with Crippen LogP contribution < -0.4 is 5.56 Å². The zero-order valence-electron chi connectivity index (χ0n) is 11.5. The lowest BCUT2D eigenvalue weighted by Crippen LogP contribution is -2.28. The van der Waals surface area contributed by atoms with Crippen molar-refractivity contribution >= 4 is 0 Å². The van der Waals surface area contributed by atoms with E-state index >= 15 is 0 Å². The van der Waals surface area contributed by atoms with Crippen LogP contribution in [0.1, 0.15) is 52.7 Å². The predicted octanol–water partition coefficient (Wildman–Crippen LogP) is 2.98. The van der Waals surface area contributed by atoms with Crippen LogP contribution >= 0.6 is 0 Å². The van der Waals surface area contributed by atoms with Crippen molar-refractivity contribution in [1.29, 1.82) is 0 Å². The third-order valence-corrected chi connectivity index (χ3v) is 2.84. The Morgan fingerprint density at radius 3 is 1.75 bits per heavy atom. The van der Waals surface area contributed by atoms with Crippen LogP contribution in [-0.2, 0) is 17.9 Å². The quantitative estimate of drug-likeness (QED) is 0.660. The van der Waals surface area contributed by atoms with Crippen molar-refractivity contribution in [1.82, 2.24) is 4.57 Å². The molecular formula is C14H23NO. The Morgan fingerprint density at radius 2 is 1.38 bits per heavy atom. The molecule has 0 saturated heterocycles. The van der Waals surface area contributed by atoms with Gasteiger partial charge in [-0.25, -0.2) is 0 Å². The maximum atomic E-state index is 11.7. The fraction of sp³-hybridized carbons (Fsp3) is 0.643. The molecule has 2 heteroatoms. The summed E-state index contributed by atoms with van der Waals surface area (Å²) in [5.74, 6) is 0. The highest BCUT2D eigenvalue weighted by Crippen LogP contribution is 2.32. The Balaban J connectivity index is 3.59. The molecule has 90 valence electrons. The SMILES string of the molecule is Cn1cc(C(C)(C)C)c(C(C)(C)C)cc1=O. The Kier molecular flexibility index (Phi) is 3.06. The second-order valence-electron chi connectivity index (χ2n) is 6.55. The van der Waals surface area contributed by atoms with Crippen molar-refractivity contribution in [3.63, 3.8) is 0 Å². The lowest BCUT2D eigenvalue weighted by Gasteiger charge is -2.30. The molecule has 0 saturated carbocycles. The Morgan fingerprint density at radius 1 is 0.938 bits per heavy atom. The second kappa shape index (κ2) is 3.76. The third-order valence-electron chi connectivity index (χ3n) is 2.84. The number of aryl methyl sites for hydroxylation is 1. The molecule has 0 spiro atoms. The number of pyridine rings is 1. The van der Waals surface area contributed by atoms with Crippen LogP contribution in [-0.4, -0.2) is 4.57 Å². The minimum Gasteiger partial charge on any atom is -0.318 e. The molecule has 0 aliphatic carbocycles. The summed E-state index contributed by atoms with van der Waals surface area (Å²) < 4.78 is 1.66. The second-order valence-corrected chi connectivity index (χ2v) is 6.55. The van der Waals surface area contributed by atoms with Crippen LogP contribution in [0.2, 0.25) is 0 Å². The maximum absolute atomic E-state index is 11.7. The summed E-state index contributed by atoms with van der Waals surface area (Å²) in [6, 6.07) is 1.78. The highest BCUT2D eigenvalue weighted by molar-refractivity contribution is 5.35. The first kappa shape index (κ1) is 13.0.